The Balaban J connectivity index is 0.00000107. The number of nitrogens with one attached hydrogen (secondary N) is 2. The molecule has 1 atom stereocenters. The van der Waals surface area contributed by atoms with Gasteiger partial charge in [-0.15, -0.1) is 0 Å². The summed E-state index contributed by atoms with van der Waals surface area (Å²) in [5.74, 6) is 1.64. The lowest BCUT2D eigenvalue weighted by molar-refractivity contribution is 0.257. The van der Waals surface area contributed by atoms with E-state index in [1.807, 2.05) is 13.0 Å². The van der Waals surface area contributed by atoms with Crippen LogP contribution < -0.4 is 0 Å². The average molecular weight is 484 g/mol. The molecule has 188 valence electrons. The lowest BCUT2D eigenvalue weighted by Crippen LogP contribution is -2.39. The topological polar surface area (TPSA) is 71.2 Å². The van der Waals surface area contributed by atoms with E-state index in [1.165, 1.54) is 36.0 Å². The molecule has 3 rings (SSSR count). The SMILES string of the molecule is C=C(C)/C(=C\C=C/C)c1ccc(C2(CN3CCSC(C)(CO)CC3=N)CC2)cc1.C=N.CCC. The fourth-order valence-electron chi connectivity index (χ4n) is 4.07. The van der Waals surface area contributed by atoms with Crippen LogP contribution in [0.1, 0.15) is 71.4 Å². The molecule has 3 N–H and O–H groups in total. The summed E-state index contributed by atoms with van der Waals surface area (Å²) in [4.78, 5) is 2.25. The van der Waals surface area contributed by atoms with Gasteiger partial charge in [0.2, 0.25) is 0 Å². The Kier molecular flexibility index (Phi) is 12.6. The molecule has 0 bridgehead atoms. The minimum atomic E-state index is -0.220. The number of hydrogen-bond donors (Lipinski definition) is 3. The first-order chi connectivity index (χ1) is 16.2. The largest absolute Gasteiger partial charge is 0.395 e. The van der Waals surface area contributed by atoms with E-state index >= 15 is 0 Å². The van der Waals surface area contributed by atoms with Crippen molar-refractivity contribution < 1.29 is 5.11 Å². The fourth-order valence-corrected chi connectivity index (χ4v) is 5.20. The second kappa shape index (κ2) is 14.3. The van der Waals surface area contributed by atoms with Gasteiger partial charge in [0.1, 0.15) is 0 Å². The lowest BCUT2D eigenvalue weighted by atomic mass is 9.91. The van der Waals surface area contributed by atoms with Gasteiger partial charge in [0.05, 0.1) is 12.4 Å². The summed E-state index contributed by atoms with van der Waals surface area (Å²) in [5, 5.41) is 23.8. The lowest BCUT2D eigenvalue weighted by Gasteiger charge is -2.30. The number of benzene rings is 1. The van der Waals surface area contributed by atoms with Crippen molar-refractivity contribution in [3.8, 4) is 0 Å². The number of rotatable bonds is 7. The van der Waals surface area contributed by atoms with Crippen LogP contribution in [0.3, 0.4) is 0 Å². The van der Waals surface area contributed by atoms with Gasteiger partial charge >= 0.3 is 0 Å². The number of amidine groups is 1. The third kappa shape index (κ3) is 8.28. The first-order valence-corrected chi connectivity index (χ1v) is 13.2. The highest BCUT2D eigenvalue weighted by Crippen LogP contribution is 2.49. The number of aliphatic hydroxyl groups excluding tert-OH is 1. The minimum Gasteiger partial charge on any atom is -0.395 e. The quantitative estimate of drug-likeness (QED) is 0.286. The Labute approximate surface area is 212 Å². The van der Waals surface area contributed by atoms with Gasteiger partial charge in [-0.1, -0.05) is 74.9 Å². The van der Waals surface area contributed by atoms with Gasteiger partial charge in [0.15, 0.2) is 0 Å². The Hall–Kier alpha value is -2.11. The van der Waals surface area contributed by atoms with Gasteiger partial charge in [0, 0.05) is 35.4 Å². The molecule has 4 nitrogen and oxygen atoms in total. The highest BCUT2D eigenvalue weighted by Gasteiger charge is 2.46. The maximum atomic E-state index is 9.72. The molecule has 1 saturated carbocycles. The maximum Gasteiger partial charge on any atom is 0.0973 e. The summed E-state index contributed by atoms with van der Waals surface area (Å²) in [6.07, 6.45) is 10.5. The van der Waals surface area contributed by atoms with E-state index in [0.29, 0.717) is 12.3 Å². The summed E-state index contributed by atoms with van der Waals surface area (Å²) >= 11 is 1.80. The molecule has 1 aliphatic heterocycles. The first kappa shape index (κ1) is 29.9. The smallest absolute Gasteiger partial charge is 0.0973 e. The molecule has 1 aromatic carbocycles. The van der Waals surface area contributed by atoms with Crippen LogP contribution in [0.5, 0.6) is 0 Å². The second-order valence-corrected chi connectivity index (χ2v) is 11.1. The molecule has 1 aliphatic carbocycles. The van der Waals surface area contributed by atoms with Crippen molar-refractivity contribution in [3.05, 3.63) is 65.8 Å². The van der Waals surface area contributed by atoms with E-state index in [-0.39, 0.29) is 16.8 Å². The summed E-state index contributed by atoms with van der Waals surface area (Å²) in [6.45, 7) is 19.0. The predicted octanol–water partition coefficient (Wildman–Crippen LogP) is 7.10. The number of aliphatic hydroxyl groups is 1. The molecule has 2 fully saturated rings. The van der Waals surface area contributed by atoms with Crippen LogP contribution in [0, 0.1) is 10.8 Å². The van der Waals surface area contributed by atoms with Gasteiger partial charge in [-0.25, -0.2) is 0 Å². The Bertz CT molecular complexity index is 855. The van der Waals surface area contributed by atoms with E-state index in [0.717, 1.165) is 24.4 Å². The first-order valence-electron chi connectivity index (χ1n) is 12.3. The van der Waals surface area contributed by atoms with Crippen molar-refractivity contribution >= 4 is 29.9 Å². The standard InChI is InChI=1S/C25H34N2OS.C3H8.CH3N/c1-5-6-7-22(19(2)3)20-8-10-21(11-9-20)25(12-13-25)17-27-14-15-29-24(4,18-28)16-23(27)26;1-3-2;1-2/h5-11,26,28H,2,12-18H2,1,3-4H3;3H2,1-2H3;2H,1H2/b6-5-,22-7+,26-23?;;. The zero-order chi connectivity index (χ0) is 25.8. The van der Waals surface area contributed by atoms with E-state index in [9.17, 15) is 5.11 Å². The van der Waals surface area contributed by atoms with E-state index in [2.05, 4.69) is 82.3 Å². The molecular weight excluding hydrogens is 438 g/mol. The summed E-state index contributed by atoms with van der Waals surface area (Å²) < 4.78 is -0.220. The molecule has 1 saturated heterocycles. The Morgan fingerprint density at radius 3 is 2.26 bits per heavy atom. The predicted molar refractivity (Wildman–Crippen MR) is 153 cm³/mol. The maximum absolute atomic E-state index is 9.72. The monoisotopic (exact) mass is 483 g/mol. The van der Waals surface area contributed by atoms with Gasteiger partial charge in [-0.2, -0.15) is 11.8 Å². The fraction of sp³-hybridized carbons (Fsp3) is 0.517. The molecule has 1 aromatic rings. The van der Waals surface area contributed by atoms with Crippen molar-refractivity contribution in [2.75, 3.05) is 25.4 Å². The Morgan fingerprint density at radius 1 is 1.21 bits per heavy atom. The van der Waals surface area contributed by atoms with Crippen molar-refractivity contribution in [3.63, 3.8) is 0 Å². The van der Waals surface area contributed by atoms with Crippen LogP contribution in [-0.4, -0.2) is 52.8 Å². The third-order valence-electron chi connectivity index (χ3n) is 6.14. The van der Waals surface area contributed by atoms with Crippen molar-refractivity contribution in [1.29, 1.82) is 10.8 Å². The number of allylic oxidation sites excluding steroid dienone is 5. The van der Waals surface area contributed by atoms with Crippen LogP contribution >= 0.6 is 11.8 Å². The van der Waals surface area contributed by atoms with E-state index < -0.39 is 0 Å². The normalized spacial score (nSPS) is 21.6. The van der Waals surface area contributed by atoms with Crippen LogP contribution in [0.4, 0.5) is 0 Å². The van der Waals surface area contributed by atoms with Crippen LogP contribution in [0.15, 0.2) is 54.6 Å². The van der Waals surface area contributed by atoms with E-state index in [1.54, 1.807) is 11.8 Å². The molecule has 0 amide bonds. The zero-order valence-corrected chi connectivity index (χ0v) is 22.7. The number of hydrogen-bond acceptors (Lipinski definition) is 4. The van der Waals surface area contributed by atoms with Crippen LogP contribution in [0.2, 0.25) is 0 Å². The van der Waals surface area contributed by atoms with Gasteiger partial charge in [-0.05, 0) is 57.0 Å². The summed E-state index contributed by atoms with van der Waals surface area (Å²) in [7, 11) is 0. The highest BCUT2D eigenvalue weighted by atomic mass is 32.2. The summed E-state index contributed by atoms with van der Waals surface area (Å²) in [6, 6.07) is 8.96. The molecule has 1 unspecified atom stereocenters. The second-order valence-electron chi connectivity index (χ2n) is 9.45. The van der Waals surface area contributed by atoms with Gasteiger partial charge < -0.3 is 15.4 Å². The number of nitrogens with zero attached hydrogens (tertiary/aromatic N) is 1. The van der Waals surface area contributed by atoms with Crippen molar-refractivity contribution in [2.45, 2.75) is 70.5 Å². The molecule has 0 aromatic heterocycles. The highest BCUT2D eigenvalue weighted by molar-refractivity contribution is 8.00. The summed E-state index contributed by atoms with van der Waals surface area (Å²) in [5.41, 5.74) is 5.00. The Morgan fingerprint density at radius 2 is 1.79 bits per heavy atom. The zero-order valence-electron chi connectivity index (χ0n) is 21.9. The van der Waals surface area contributed by atoms with Gasteiger partial charge in [0.25, 0.3) is 0 Å². The van der Waals surface area contributed by atoms with E-state index in [4.69, 9.17) is 10.8 Å². The van der Waals surface area contributed by atoms with Crippen molar-refractivity contribution in [2.24, 2.45) is 0 Å². The molecule has 2 aliphatic rings. The van der Waals surface area contributed by atoms with Crippen LogP contribution in [-0.2, 0) is 5.41 Å². The molecular formula is C29H45N3OS. The minimum absolute atomic E-state index is 0.131. The van der Waals surface area contributed by atoms with Gasteiger partial charge in [-0.3, -0.25) is 5.41 Å². The van der Waals surface area contributed by atoms with Crippen molar-refractivity contribution in [1.82, 2.24) is 4.90 Å². The molecule has 34 heavy (non-hydrogen) atoms. The molecule has 5 heteroatoms. The molecule has 0 radical (unpaired) electrons. The average Bonchev–Trinajstić information content (AvgIpc) is 3.62. The van der Waals surface area contributed by atoms with Crippen LogP contribution in [0.25, 0.3) is 5.57 Å². The number of thioether (sulfide) groups is 1. The molecule has 1 heterocycles. The third-order valence-corrected chi connectivity index (χ3v) is 7.50. The molecule has 0 spiro atoms.